The maximum atomic E-state index is 13.7. The number of ether oxygens (including phenoxy) is 1. The van der Waals surface area contributed by atoms with Crippen molar-refractivity contribution in [2.45, 2.75) is 30.1 Å². The van der Waals surface area contributed by atoms with E-state index < -0.39 is 29.5 Å². The zero-order valence-corrected chi connectivity index (χ0v) is 23.0. The summed E-state index contributed by atoms with van der Waals surface area (Å²) in [5.41, 5.74) is 3.82. The van der Waals surface area contributed by atoms with Crippen LogP contribution in [0.4, 0.5) is 5.69 Å². The van der Waals surface area contributed by atoms with Gasteiger partial charge in [-0.25, -0.2) is 4.68 Å². The van der Waals surface area contributed by atoms with Crippen molar-refractivity contribution in [1.82, 2.24) is 9.78 Å². The molecule has 1 aliphatic rings. The van der Waals surface area contributed by atoms with Gasteiger partial charge in [0, 0.05) is 27.5 Å². The number of ketones is 1. The van der Waals surface area contributed by atoms with Crippen LogP contribution >= 0.6 is 11.8 Å². The molecule has 42 heavy (non-hydrogen) atoms. The molecule has 4 aromatic rings. The van der Waals surface area contributed by atoms with Crippen molar-refractivity contribution in [2.75, 3.05) is 5.32 Å². The second kappa shape index (κ2) is 12.5. The quantitative estimate of drug-likeness (QED) is 0.150. The second-order valence-electron chi connectivity index (χ2n) is 9.38. The third-order valence-corrected chi connectivity index (χ3v) is 7.63. The number of hydrogen-bond acceptors (Lipinski definition) is 8. The van der Waals surface area contributed by atoms with E-state index in [2.05, 4.69) is 10.4 Å². The summed E-state index contributed by atoms with van der Waals surface area (Å²) >= 11 is 1.48. The molecule has 210 valence electrons. The van der Waals surface area contributed by atoms with Gasteiger partial charge < -0.3 is 15.2 Å². The highest BCUT2D eigenvalue weighted by atomic mass is 32.2. The van der Waals surface area contributed by atoms with Gasteiger partial charge in [0.15, 0.2) is 5.92 Å². The number of rotatable bonds is 10. The molecule has 0 spiro atoms. The topological polar surface area (TPSA) is 151 Å². The highest BCUT2D eigenvalue weighted by Crippen LogP contribution is 2.44. The molecule has 10 nitrogen and oxygen atoms in total. The van der Waals surface area contributed by atoms with E-state index in [1.807, 2.05) is 54.6 Å². The average Bonchev–Trinajstić information content (AvgIpc) is 3.40. The lowest BCUT2D eigenvalue weighted by atomic mass is 9.96. The summed E-state index contributed by atoms with van der Waals surface area (Å²) in [7, 11) is 0. The van der Waals surface area contributed by atoms with Gasteiger partial charge in [0.2, 0.25) is 11.7 Å². The lowest BCUT2D eigenvalue weighted by molar-refractivity contribution is -0.148. The number of hydrogen-bond donors (Lipinski definition) is 2. The van der Waals surface area contributed by atoms with Crippen LogP contribution in [0.1, 0.15) is 34.5 Å². The molecule has 3 aromatic carbocycles. The fourth-order valence-corrected chi connectivity index (χ4v) is 5.55. The number of nitrogens with zero attached hydrogens (tertiary/aromatic N) is 3. The van der Waals surface area contributed by atoms with Gasteiger partial charge in [0.1, 0.15) is 12.3 Å². The zero-order chi connectivity index (χ0) is 29.6. The number of thioether (sulfide) groups is 1. The van der Waals surface area contributed by atoms with Gasteiger partial charge in [0.05, 0.1) is 30.3 Å². The van der Waals surface area contributed by atoms with Crippen molar-refractivity contribution in [3.8, 4) is 23.0 Å². The number of aromatic nitrogens is 2. The van der Waals surface area contributed by atoms with Gasteiger partial charge in [-0.3, -0.25) is 19.2 Å². The first-order valence-electron chi connectivity index (χ1n) is 13.0. The molecule has 1 aromatic heterocycles. The van der Waals surface area contributed by atoms with Gasteiger partial charge in [-0.15, -0.1) is 11.8 Å². The standard InChI is InChI=1S/C31H24N4O6S/c32-16-23(31(40)33-20-7-3-1-4-8-20)30(39)28-24-18-42-25-12-11-19(17-41-27(38)14-13-26(36)37)15-22(25)29(24)35(34-28)21-9-5-2-6-10-21/h1-12,15,23H,13-14,17-18H2,(H,33,40)(H,36,37). The maximum Gasteiger partial charge on any atom is 0.306 e. The minimum absolute atomic E-state index is 0.0345. The number of carbonyl (C=O) groups excluding carboxylic acids is 3. The molecule has 1 amide bonds. The number of anilines is 1. The molecule has 1 atom stereocenters. The van der Waals surface area contributed by atoms with E-state index in [-0.39, 0.29) is 25.1 Å². The van der Waals surface area contributed by atoms with E-state index in [0.29, 0.717) is 33.9 Å². The Morgan fingerprint density at radius 2 is 1.74 bits per heavy atom. The van der Waals surface area contributed by atoms with Crippen LogP contribution in [0.3, 0.4) is 0 Å². The van der Waals surface area contributed by atoms with Crippen LogP contribution in [0.25, 0.3) is 16.9 Å². The second-order valence-corrected chi connectivity index (χ2v) is 10.4. The molecule has 0 fully saturated rings. The number of esters is 1. The number of nitriles is 1. The van der Waals surface area contributed by atoms with Crippen LogP contribution in [-0.4, -0.2) is 38.5 Å². The van der Waals surface area contributed by atoms with E-state index >= 15 is 0 Å². The summed E-state index contributed by atoms with van der Waals surface area (Å²) < 4.78 is 6.90. The SMILES string of the molecule is N#CC(C(=O)Nc1ccccc1)C(=O)c1nn(-c2ccccc2)c2c1CSc1ccc(COC(=O)CCC(=O)O)cc1-2. The summed E-state index contributed by atoms with van der Waals surface area (Å²) in [6.07, 6.45) is -0.548. The minimum Gasteiger partial charge on any atom is -0.481 e. The number of carboxylic acid groups (broad SMARTS) is 1. The summed E-state index contributed by atoms with van der Waals surface area (Å²) in [6.45, 7) is -0.0623. The largest absolute Gasteiger partial charge is 0.481 e. The Morgan fingerprint density at radius 3 is 2.43 bits per heavy atom. The van der Waals surface area contributed by atoms with Crippen LogP contribution in [0.15, 0.2) is 83.8 Å². The molecule has 0 saturated heterocycles. The van der Waals surface area contributed by atoms with Crippen LogP contribution in [-0.2, 0) is 31.5 Å². The third kappa shape index (κ3) is 6.09. The number of benzene rings is 3. The predicted molar refractivity (Wildman–Crippen MR) is 154 cm³/mol. The molecule has 0 bridgehead atoms. The summed E-state index contributed by atoms with van der Waals surface area (Å²) in [5, 5.41) is 25.9. The van der Waals surface area contributed by atoms with Crippen molar-refractivity contribution in [2.24, 2.45) is 5.92 Å². The van der Waals surface area contributed by atoms with Crippen LogP contribution in [0.5, 0.6) is 0 Å². The molecule has 0 radical (unpaired) electrons. The van der Waals surface area contributed by atoms with Gasteiger partial charge in [0.25, 0.3) is 0 Å². The van der Waals surface area contributed by atoms with Crippen LogP contribution in [0.2, 0.25) is 0 Å². The van der Waals surface area contributed by atoms with Crippen LogP contribution in [0, 0.1) is 17.2 Å². The smallest absolute Gasteiger partial charge is 0.306 e. The van der Waals surface area contributed by atoms with E-state index in [0.717, 1.165) is 10.5 Å². The number of aliphatic carboxylic acids is 1. The van der Waals surface area contributed by atoms with Gasteiger partial charge in [-0.1, -0.05) is 42.5 Å². The Morgan fingerprint density at radius 1 is 1.02 bits per heavy atom. The Bertz CT molecular complexity index is 1710. The highest BCUT2D eigenvalue weighted by Gasteiger charge is 2.35. The first-order chi connectivity index (χ1) is 20.4. The van der Waals surface area contributed by atoms with Crippen molar-refractivity contribution < 1.29 is 29.0 Å². The lowest BCUT2D eigenvalue weighted by Gasteiger charge is -2.19. The molecule has 1 unspecified atom stereocenters. The molecular formula is C31H24N4O6S. The van der Waals surface area contributed by atoms with Crippen molar-refractivity contribution in [3.05, 3.63) is 95.7 Å². The van der Waals surface area contributed by atoms with E-state index in [4.69, 9.17) is 9.84 Å². The fourth-order valence-electron chi connectivity index (χ4n) is 4.50. The molecule has 11 heteroatoms. The van der Waals surface area contributed by atoms with Crippen molar-refractivity contribution in [1.29, 1.82) is 5.26 Å². The number of carbonyl (C=O) groups is 4. The first kappa shape index (κ1) is 28.3. The van der Waals surface area contributed by atoms with Crippen molar-refractivity contribution in [3.63, 3.8) is 0 Å². The highest BCUT2D eigenvalue weighted by molar-refractivity contribution is 7.98. The molecule has 1 aliphatic heterocycles. The molecule has 0 aliphatic carbocycles. The molecular weight excluding hydrogens is 556 g/mol. The average molecular weight is 581 g/mol. The normalized spacial score (nSPS) is 12.3. The zero-order valence-electron chi connectivity index (χ0n) is 22.1. The minimum atomic E-state index is -1.61. The maximum absolute atomic E-state index is 13.7. The Balaban J connectivity index is 1.51. The Hall–Kier alpha value is -5.21. The molecule has 2 N–H and O–H groups in total. The number of nitrogens with one attached hydrogen (secondary N) is 1. The number of amides is 1. The summed E-state index contributed by atoms with van der Waals surface area (Å²) in [5.74, 6) is -4.38. The van der Waals surface area contributed by atoms with Gasteiger partial charge in [-0.2, -0.15) is 10.4 Å². The number of carboxylic acids is 1. The predicted octanol–water partition coefficient (Wildman–Crippen LogP) is 5.01. The Kier molecular flexibility index (Phi) is 8.45. The lowest BCUT2D eigenvalue weighted by Crippen LogP contribution is -2.29. The van der Waals surface area contributed by atoms with Crippen molar-refractivity contribution >= 4 is 41.1 Å². The fraction of sp³-hybridized carbons (Fsp3) is 0.161. The van der Waals surface area contributed by atoms with E-state index in [9.17, 15) is 24.4 Å². The molecule has 2 heterocycles. The van der Waals surface area contributed by atoms with E-state index in [1.165, 1.54) is 11.8 Å². The summed E-state index contributed by atoms with van der Waals surface area (Å²) in [6, 6.07) is 25.2. The number of fused-ring (bicyclic) bond motifs is 3. The van der Waals surface area contributed by atoms with Crippen LogP contribution < -0.4 is 5.32 Å². The first-order valence-corrected chi connectivity index (χ1v) is 13.9. The Labute approximate surface area is 244 Å². The monoisotopic (exact) mass is 580 g/mol. The van der Waals surface area contributed by atoms with E-state index in [1.54, 1.807) is 35.0 Å². The summed E-state index contributed by atoms with van der Waals surface area (Å²) in [4.78, 5) is 50.4. The third-order valence-electron chi connectivity index (χ3n) is 6.53. The van der Waals surface area contributed by atoms with Gasteiger partial charge in [-0.05, 0) is 42.0 Å². The molecule has 5 rings (SSSR count). The number of para-hydroxylation sites is 2. The van der Waals surface area contributed by atoms with Gasteiger partial charge >= 0.3 is 11.9 Å². The molecule has 0 saturated carbocycles. The number of Topliss-reactive ketones (excluding diaryl/α,β-unsaturated/α-hetero) is 1.